The summed E-state index contributed by atoms with van der Waals surface area (Å²) >= 11 is 0. The number of halogens is 2. The summed E-state index contributed by atoms with van der Waals surface area (Å²) in [5.74, 6) is -1.01. The van der Waals surface area contributed by atoms with Crippen LogP contribution >= 0.6 is 0 Å². The molecule has 2 heteroatoms. The normalized spacial score (nSPS) is 11.8. The molecule has 0 spiro atoms. The number of rotatable bonds is 1. The van der Waals surface area contributed by atoms with Gasteiger partial charge in [-0.15, -0.1) is 0 Å². The second kappa shape index (κ2) is 5.25. The van der Waals surface area contributed by atoms with Crippen LogP contribution in [0.4, 0.5) is 8.78 Å². The van der Waals surface area contributed by atoms with E-state index in [0.29, 0.717) is 16.7 Å². The number of fused-ring (bicyclic) bond motifs is 3. The summed E-state index contributed by atoms with van der Waals surface area (Å²) < 4.78 is 28.5. The average Bonchev–Trinajstić information content (AvgIpc) is 2.98. The third-order valence-electron chi connectivity index (χ3n) is 5.54. The smallest absolute Gasteiger partial charge is 0.129 e. The minimum absolute atomic E-state index is 0.486. The molecule has 26 heavy (non-hydrogen) atoms. The third-order valence-corrected chi connectivity index (χ3v) is 5.54. The summed E-state index contributed by atoms with van der Waals surface area (Å²) in [6.45, 7) is 3.43. The van der Waals surface area contributed by atoms with Crippen molar-refractivity contribution in [3.05, 3.63) is 83.4 Å². The van der Waals surface area contributed by atoms with Gasteiger partial charge in [-0.3, -0.25) is 0 Å². The van der Waals surface area contributed by atoms with Crippen LogP contribution < -0.4 is 0 Å². The molecule has 0 saturated carbocycles. The van der Waals surface area contributed by atoms with E-state index in [0.717, 1.165) is 22.4 Å². The molecule has 0 saturated heterocycles. The van der Waals surface area contributed by atoms with E-state index in [1.54, 1.807) is 13.8 Å². The third kappa shape index (κ3) is 1.87. The van der Waals surface area contributed by atoms with Crippen LogP contribution in [0.1, 0.15) is 11.1 Å². The Balaban J connectivity index is 1.92. The predicted molar refractivity (Wildman–Crippen MR) is 103 cm³/mol. The summed E-state index contributed by atoms with van der Waals surface area (Å²) in [5, 5.41) is 2.20. The molecule has 0 atom stereocenters. The zero-order valence-electron chi connectivity index (χ0n) is 14.5. The molecule has 1 aliphatic carbocycles. The van der Waals surface area contributed by atoms with Crippen molar-refractivity contribution in [1.29, 1.82) is 0 Å². The van der Waals surface area contributed by atoms with Crippen molar-refractivity contribution in [2.45, 2.75) is 13.8 Å². The fourth-order valence-electron chi connectivity index (χ4n) is 4.28. The molecule has 0 fully saturated rings. The molecular formula is C24H16F2. The van der Waals surface area contributed by atoms with Gasteiger partial charge in [-0.1, -0.05) is 54.6 Å². The van der Waals surface area contributed by atoms with Gasteiger partial charge in [0, 0.05) is 6.07 Å². The lowest BCUT2D eigenvalue weighted by Crippen LogP contribution is -1.97. The lowest BCUT2D eigenvalue weighted by Gasteiger charge is -2.15. The van der Waals surface area contributed by atoms with Crippen molar-refractivity contribution >= 4 is 10.8 Å². The first-order valence-corrected chi connectivity index (χ1v) is 8.69. The molecule has 0 aliphatic heterocycles. The average molecular weight is 342 g/mol. The minimum atomic E-state index is -0.505. The highest BCUT2D eigenvalue weighted by molar-refractivity contribution is 6.18. The maximum atomic E-state index is 14.3. The van der Waals surface area contributed by atoms with Crippen LogP contribution in [0.3, 0.4) is 0 Å². The quantitative estimate of drug-likeness (QED) is 0.306. The van der Waals surface area contributed by atoms with Gasteiger partial charge in [0.2, 0.25) is 0 Å². The Bertz CT molecular complexity index is 1160. The Morgan fingerprint density at radius 2 is 1.12 bits per heavy atom. The first kappa shape index (κ1) is 15.3. The van der Waals surface area contributed by atoms with Gasteiger partial charge in [0.25, 0.3) is 0 Å². The van der Waals surface area contributed by atoms with Crippen LogP contribution in [-0.4, -0.2) is 0 Å². The highest BCUT2D eigenvalue weighted by Gasteiger charge is 2.24. The molecule has 4 aromatic rings. The van der Waals surface area contributed by atoms with Crippen molar-refractivity contribution in [3.63, 3.8) is 0 Å². The molecule has 1 aliphatic rings. The monoisotopic (exact) mass is 342 g/mol. The van der Waals surface area contributed by atoms with Crippen molar-refractivity contribution in [3.8, 4) is 33.4 Å². The molecule has 0 N–H and O–H groups in total. The SMILES string of the molecule is Cc1c(F)cc(F)c(C)c1-c1ccc2c3c(cccc13)-c1ccccc1-2. The van der Waals surface area contributed by atoms with E-state index < -0.39 is 11.6 Å². The van der Waals surface area contributed by atoms with E-state index in [-0.39, 0.29) is 0 Å². The Hall–Kier alpha value is -3.00. The molecule has 0 radical (unpaired) electrons. The lowest BCUT2D eigenvalue weighted by atomic mass is 9.89. The largest absolute Gasteiger partial charge is 0.207 e. The summed E-state index contributed by atoms with van der Waals surface area (Å²) in [7, 11) is 0. The van der Waals surface area contributed by atoms with E-state index in [1.807, 2.05) is 30.3 Å². The first-order chi connectivity index (χ1) is 12.6. The van der Waals surface area contributed by atoms with Crippen LogP contribution in [0.5, 0.6) is 0 Å². The van der Waals surface area contributed by atoms with Crippen molar-refractivity contribution in [2.75, 3.05) is 0 Å². The molecule has 4 aromatic carbocycles. The minimum Gasteiger partial charge on any atom is -0.207 e. The molecule has 126 valence electrons. The number of hydrogen-bond acceptors (Lipinski definition) is 0. The van der Waals surface area contributed by atoms with Gasteiger partial charge >= 0.3 is 0 Å². The van der Waals surface area contributed by atoms with Gasteiger partial charge in [-0.25, -0.2) is 8.78 Å². The highest BCUT2D eigenvalue weighted by Crippen LogP contribution is 2.49. The maximum absolute atomic E-state index is 14.3. The van der Waals surface area contributed by atoms with Gasteiger partial charge in [0.15, 0.2) is 0 Å². The molecule has 0 nitrogen and oxygen atoms in total. The summed E-state index contributed by atoms with van der Waals surface area (Å²) in [6.07, 6.45) is 0. The van der Waals surface area contributed by atoms with Crippen LogP contribution in [0.15, 0.2) is 60.7 Å². The van der Waals surface area contributed by atoms with E-state index >= 15 is 0 Å². The van der Waals surface area contributed by atoms with Crippen LogP contribution in [-0.2, 0) is 0 Å². The Kier molecular flexibility index (Phi) is 3.08. The zero-order valence-corrected chi connectivity index (χ0v) is 14.5. The fraction of sp³-hybridized carbons (Fsp3) is 0.0833. The van der Waals surface area contributed by atoms with Crippen LogP contribution in [0, 0.1) is 25.5 Å². The molecular weight excluding hydrogens is 326 g/mol. The zero-order chi connectivity index (χ0) is 18.0. The van der Waals surface area contributed by atoms with Crippen molar-refractivity contribution in [2.24, 2.45) is 0 Å². The van der Waals surface area contributed by atoms with Gasteiger partial charge < -0.3 is 0 Å². The van der Waals surface area contributed by atoms with Crippen molar-refractivity contribution < 1.29 is 8.78 Å². The Morgan fingerprint density at radius 1 is 0.577 bits per heavy atom. The first-order valence-electron chi connectivity index (χ1n) is 8.69. The topological polar surface area (TPSA) is 0 Å². The van der Waals surface area contributed by atoms with Crippen LogP contribution in [0.25, 0.3) is 44.2 Å². The van der Waals surface area contributed by atoms with E-state index in [9.17, 15) is 8.78 Å². The van der Waals surface area contributed by atoms with E-state index in [4.69, 9.17) is 0 Å². The Morgan fingerprint density at radius 3 is 1.77 bits per heavy atom. The summed E-state index contributed by atoms with van der Waals surface area (Å²) in [6, 6.07) is 19.6. The predicted octanol–water partition coefficient (Wildman–Crippen LogP) is 7.05. The molecule has 0 heterocycles. The van der Waals surface area contributed by atoms with Crippen LogP contribution in [0.2, 0.25) is 0 Å². The summed E-state index contributed by atoms with van der Waals surface area (Å²) in [4.78, 5) is 0. The van der Waals surface area contributed by atoms with Gasteiger partial charge in [-0.05, 0) is 69.1 Å². The van der Waals surface area contributed by atoms with Gasteiger partial charge in [-0.2, -0.15) is 0 Å². The van der Waals surface area contributed by atoms with Crippen molar-refractivity contribution in [1.82, 2.24) is 0 Å². The van der Waals surface area contributed by atoms with E-state index in [1.165, 1.54) is 22.3 Å². The standard InChI is InChI=1S/C24H16F2/c1-13-21(25)12-22(26)14(2)23(13)20-11-10-19-16-7-4-3-6-15(16)17-8-5-9-18(20)24(17)19/h3-12H,1-2H3. The molecule has 0 amide bonds. The molecule has 5 rings (SSSR count). The fourth-order valence-corrected chi connectivity index (χ4v) is 4.28. The molecule has 0 bridgehead atoms. The van der Waals surface area contributed by atoms with Gasteiger partial charge in [0.05, 0.1) is 0 Å². The molecule has 0 unspecified atom stereocenters. The Labute approximate surface area is 150 Å². The highest BCUT2D eigenvalue weighted by atomic mass is 19.1. The number of hydrogen-bond donors (Lipinski definition) is 0. The maximum Gasteiger partial charge on any atom is 0.129 e. The van der Waals surface area contributed by atoms with Gasteiger partial charge in [0.1, 0.15) is 11.6 Å². The second-order valence-electron chi connectivity index (χ2n) is 6.90. The number of benzene rings is 4. The molecule has 0 aromatic heterocycles. The lowest BCUT2D eigenvalue weighted by molar-refractivity contribution is 0.573. The summed E-state index contributed by atoms with van der Waals surface area (Å²) in [5.41, 5.74) is 7.30. The second-order valence-corrected chi connectivity index (χ2v) is 6.90. The van der Waals surface area contributed by atoms with E-state index in [2.05, 4.69) is 24.3 Å².